The van der Waals surface area contributed by atoms with Crippen molar-refractivity contribution in [1.29, 1.82) is 0 Å². The summed E-state index contributed by atoms with van der Waals surface area (Å²) < 4.78 is 31.5. The summed E-state index contributed by atoms with van der Waals surface area (Å²) in [6.45, 7) is 12.3. The summed E-state index contributed by atoms with van der Waals surface area (Å²) in [4.78, 5) is 12.9. The summed E-state index contributed by atoms with van der Waals surface area (Å²) in [6.07, 6.45) is 1.10. The van der Waals surface area contributed by atoms with Crippen molar-refractivity contribution in [1.82, 2.24) is 5.32 Å². The molecule has 1 N–H and O–H groups in total. The number of sulfonamides is 1. The van der Waals surface area contributed by atoms with E-state index in [-0.39, 0.29) is 17.4 Å². The first-order valence-electron chi connectivity index (χ1n) is 10.5. The molecule has 0 fully saturated rings. The number of carbonyl (C=O) groups excluding carboxylic acids is 1. The highest BCUT2D eigenvalue weighted by Crippen LogP contribution is 2.26. The molecule has 7 heteroatoms. The standard InChI is InChI=1S/C24H34N2O4S/c1-8-30-22-15-13-21(14-16-22)26(31(7,28)29)18(3)23(27)25-17(2)19-9-11-20(12-10-19)24(4,5)6/h9-18H,8H2,1-7H3,(H,25,27)/t17-,18+/m1/s1. The Morgan fingerprint density at radius 1 is 1.03 bits per heavy atom. The summed E-state index contributed by atoms with van der Waals surface area (Å²) in [6, 6.07) is 13.6. The summed E-state index contributed by atoms with van der Waals surface area (Å²) >= 11 is 0. The van der Waals surface area contributed by atoms with Gasteiger partial charge in [-0.3, -0.25) is 9.10 Å². The second-order valence-electron chi connectivity index (χ2n) is 8.76. The van der Waals surface area contributed by atoms with Crippen LogP contribution in [-0.4, -0.2) is 33.2 Å². The number of amides is 1. The van der Waals surface area contributed by atoms with Crippen LogP contribution in [0.2, 0.25) is 0 Å². The van der Waals surface area contributed by atoms with Crippen molar-refractivity contribution in [2.75, 3.05) is 17.2 Å². The van der Waals surface area contributed by atoms with Gasteiger partial charge in [-0.2, -0.15) is 0 Å². The number of ether oxygens (including phenoxy) is 1. The van der Waals surface area contributed by atoms with Gasteiger partial charge in [0.05, 0.1) is 24.6 Å². The van der Waals surface area contributed by atoms with E-state index in [0.29, 0.717) is 18.0 Å². The van der Waals surface area contributed by atoms with E-state index in [1.807, 2.05) is 26.0 Å². The molecule has 2 atom stereocenters. The van der Waals surface area contributed by atoms with Crippen molar-refractivity contribution < 1.29 is 17.9 Å². The van der Waals surface area contributed by atoms with Crippen LogP contribution in [0.4, 0.5) is 5.69 Å². The molecule has 0 unspecified atom stereocenters. The fraction of sp³-hybridized carbons (Fsp3) is 0.458. The van der Waals surface area contributed by atoms with Gasteiger partial charge < -0.3 is 10.1 Å². The van der Waals surface area contributed by atoms with Crippen molar-refractivity contribution >= 4 is 21.6 Å². The van der Waals surface area contributed by atoms with Gasteiger partial charge in [0.25, 0.3) is 0 Å². The van der Waals surface area contributed by atoms with Crippen LogP contribution >= 0.6 is 0 Å². The van der Waals surface area contributed by atoms with Gasteiger partial charge >= 0.3 is 0 Å². The Bertz CT molecular complexity index is 978. The normalized spacial score (nSPS) is 13.9. The minimum atomic E-state index is -3.68. The fourth-order valence-electron chi connectivity index (χ4n) is 3.35. The lowest BCUT2D eigenvalue weighted by molar-refractivity contribution is -0.122. The van der Waals surface area contributed by atoms with Crippen LogP contribution < -0.4 is 14.4 Å². The zero-order valence-corrected chi connectivity index (χ0v) is 20.3. The van der Waals surface area contributed by atoms with Crippen molar-refractivity contribution in [3.05, 3.63) is 59.7 Å². The molecule has 0 saturated carbocycles. The summed E-state index contributed by atoms with van der Waals surface area (Å²) in [5, 5.41) is 2.94. The van der Waals surface area contributed by atoms with Gasteiger partial charge in [-0.15, -0.1) is 0 Å². The number of nitrogens with zero attached hydrogens (tertiary/aromatic N) is 1. The van der Waals surface area contributed by atoms with E-state index < -0.39 is 16.1 Å². The molecule has 6 nitrogen and oxygen atoms in total. The second-order valence-corrected chi connectivity index (χ2v) is 10.6. The highest BCUT2D eigenvalue weighted by molar-refractivity contribution is 7.92. The lowest BCUT2D eigenvalue weighted by Gasteiger charge is -2.29. The summed E-state index contributed by atoms with van der Waals surface area (Å²) in [5.41, 5.74) is 2.63. The van der Waals surface area contributed by atoms with Crippen LogP contribution in [0.1, 0.15) is 58.7 Å². The molecule has 2 aromatic carbocycles. The maximum absolute atomic E-state index is 12.9. The molecule has 1 amide bonds. The molecule has 170 valence electrons. The maximum Gasteiger partial charge on any atom is 0.244 e. The molecule has 2 rings (SSSR count). The summed E-state index contributed by atoms with van der Waals surface area (Å²) in [7, 11) is -3.68. The lowest BCUT2D eigenvalue weighted by Crippen LogP contribution is -2.48. The Morgan fingerprint density at radius 3 is 2.03 bits per heavy atom. The Hall–Kier alpha value is -2.54. The van der Waals surface area contributed by atoms with Crippen LogP contribution in [-0.2, 0) is 20.2 Å². The number of hydrogen-bond donors (Lipinski definition) is 1. The molecule has 0 radical (unpaired) electrons. The van der Waals surface area contributed by atoms with Crippen LogP contribution in [0, 0.1) is 0 Å². The number of hydrogen-bond acceptors (Lipinski definition) is 4. The summed E-state index contributed by atoms with van der Waals surface area (Å²) in [5.74, 6) is 0.274. The first-order valence-corrected chi connectivity index (χ1v) is 12.3. The number of anilines is 1. The van der Waals surface area contributed by atoms with E-state index in [0.717, 1.165) is 16.1 Å². The molecule has 31 heavy (non-hydrogen) atoms. The highest BCUT2D eigenvalue weighted by Gasteiger charge is 2.30. The van der Waals surface area contributed by atoms with Crippen LogP contribution in [0.3, 0.4) is 0 Å². The number of nitrogens with one attached hydrogen (secondary N) is 1. The van der Waals surface area contributed by atoms with E-state index in [1.54, 1.807) is 31.2 Å². The highest BCUT2D eigenvalue weighted by atomic mass is 32.2. The zero-order valence-electron chi connectivity index (χ0n) is 19.5. The Labute approximate surface area is 186 Å². The average molecular weight is 447 g/mol. The van der Waals surface area contributed by atoms with Crippen molar-refractivity contribution in [3.8, 4) is 5.75 Å². The number of carbonyl (C=O) groups is 1. The van der Waals surface area contributed by atoms with E-state index in [1.165, 1.54) is 5.56 Å². The Balaban J connectivity index is 2.19. The molecule has 0 heterocycles. The smallest absolute Gasteiger partial charge is 0.244 e. The van der Waals surface area contributed by atoms with E-state index in [2.05, 4.69) is 38.2 Å². The number of benzene rings is 2. The Kier molecular flexibility index (Phi) is 7.76. The second kappa shape index (κ2) is 9.73. The van der Waals surface area contributed by atoms with Crippen LogP contribution in [0.15, 0.2) is 48.5 Å². The quantitative estimate of drug-likeness (QED) is 0.651. The lowest BCUT2D eigenvalue weighted by atomic mass is 9.86. The molecule has 0 aliphatic carbocycles. The van der Waals surface area contributed by atoms with Crippen molar-refractivity contribution in [2.24, 2.45) is 0 Å². The molecule has 2 aromatic rings. The average Bonchev–Trinajstić information content (AvgIpc) is 2.68. The van der Waals surface area contributed by atoms with Gasteiger partial charge in [0.2, 0.25) is 15.9 Å². The third-order valence-corrected chi connectivity index (χ3v) is 6.37. The van der Waals surface area contributed by atoms with Gasteiger partial charge in [0.15, 0.2) is 0 Å². The van der Waals surface area contributed by atoms with E-state index in [9.17, 15) is 13.2 Å². The molecular formula is C24H34N2O4S. The minimum absolute atomic E-state index is 0.0488. The van der Waals surface area contributed by atoms with E-state index >= 15 is 0 Å². The van der Waals surface area contributed by atoms with Gasteiger partial charge in [-0.25, -0.2) is 8.42 Å². The van der Waals surface area contributed by atoms with Gasteiger partial charge in [0, 0.05) is 0 Å². The van der Waals surface area contributed by atoms with Gasteiger partial charge in [0.1, 0.15) is 11.8 Å². The topological polar surface area (TPSA) is 75.7 Å². The first kappa shape index (κ1) is 24.7. The predicted octanol–water partition coefficient (Wildman–Crippen LogP) is 4.41. The molecule has 0 aliphatic rings. The molecule has 0 aliphatic heterocycles. The van der Waals surface area contributed by atoms with Crippen LogP contribution in [0.5, 0.6) is 5.75 Å². The minimum Gasteiger partial charge on any atom is -0.494 e. The van der Waals surface area contributed by atoms with Crippen molar-refractivity contribution in [3.63, 3.8) is 0 Å². The Morgan fingerprint density at radius 2 is 1.58 bits per heavy atom. The molecule has 0 aromatic heterocycles. The van der Waals surface area contributed by atoms with Gasteiger partial charge in [-0.1, -0.05) is 45.0 Å². The molecule has 0 saturated heterocycles. The molecular weight excluding hydrogens is 412 g/mol. The molecule has 0 spiro atoms. The predicted molar refractivity (Wildman–Crippen MR) is 126 cm³/mol. The first-order chi connectivity index (χ1) is 14.3. The van der Waals surface area contributed by atoms with Gasteiger partial charge in [-0.05, 0) is 61.6 Å². The monoisotopic (exact) mass is 446 g/mol. The maximum atomic E-state index is 12.9. The zero-order chi connectivity index (χ0) is 23.4. The molecule has 0 bridgehead atoms. The largest absolute Gasteiger partial charge is 0.494 e. The third kappa shape index (κ3) is 6.47. The fourth-order valence-corrected chi connectivity index (χ4v) is 4.53. The SMILES string of the molecule is CCOc1ccc(N([C@@H](C)C(=O)N[C@H](C)c2ccc(C(C)(C)C)cc2)S(C)(=O)=O)cc1. The van der Waals surface area contributed by atoms with Crippen molar-refractivity contribution in [2.45, 2.75) is 59.0 Å². The number of rotatable bonds is 8. The van der Waals surface area contributed by atoms with Crippen LogP contribution in [0.25, 0.3) is 0 Å². The van der Waals surface area contributed by atoms with E-state index in [4.69, 9.17) is 4.74 Å². The third-order valence-electron chi connectivity index (χ3n) is 5.13.